The Morgan fingerprint density at radius 3 is 2.50 bits per heavy atom. The van der Waals surface area contributed by atoms with E-state index in [-0.39, 0.29) is 5.75 Å². The first-order chi connectivity index (χ1) is 10.2. The number of nitrogens with zero attached hydrogens (tertiary/aromatic N) is 1. The average Bonchev–Trinajstić information content (AvgIpc) is 2.46. The van der Waals surface area contributed by atoms with E-state index >= 15 is 0 Å². The van der Waals surface area contributed by atoms with Gasteiger partial charge in [0.15, 0.2) is 0 Å². The molecule has 1 amide bonds. The molecule has 1 aliphatic heterocycles. The molecule has 0 aromatic carbocycles. The molecule has 1 rings (SSSR count). The van der Waals surface area contributed by atoms with Crippen LogP contribution in [0.2, 0.25) is 0 Å². The van der Waals surface area contributed by atoms with Crippen LogP contribution in [0.15, 0.2) is 0 Å². The second kappa shape index (κ2) is 7.92. The molecule has 1 aliphatic rings. The Balaban J connectivity index is 2.82. The van der Waals surface area contributed by atoms with E-state index < -0.39 is 39.9 Å². The summed E-state index contributed by atoms with van der Waals surface area (Å²) in [6.07, 6.45) is 2.51. The minimum Gasteiger partial charge on any atom is -0.481 e. The predicted molar refractivity (Wildman–Crippen MR) is 82.8 cm³/mol. The monoisotopic (exact) mass is 334 g/mol. The van der Waals surface area contributed by atoms with Crippen molar-refractivity contribution in [3.8, 4) is 0 Å². The van der Waals surface area contributed by atoms with Crippen molar-refractivity contribution in [2.24, 2.45) is 5.92 Å². The van der Waals surface area contributed by atoms with Crippen molar-refractivity contribution in [3.05, 3.63) is 0 Å². The summed E-state index contributed by atoms with van der Waals surface area (Å²) in [4.78, 5) is 23.3. The summed E-state index contributed by atoms with van der Waals surface area (Å²) in [6.45, 7) is 5.26. The summed E-state index contributed by atoms with van der Waals surface area (Å²) in [5.74, 6) is -2.10. The predicted octanol–water partition coefficient (Wildman–Crippen LogP) is 0.806. The molecule has 1 saturated heterocycles. The van der Waals surface area contributed by atoms with E-state index in [2.05, 4.69) is 5.32 Å². The van der Waals surface area contributed by atoms with Gasteiger partial charge in [0.1, 0.15) is 6.04 Å². The van der Waals surface area contributed by atoms with Gasteiger partial charge in [-0.3, -0.25) is 9.59 Å². The molecule has 22 heavy (non-hydrogen) atoms. The topological polar surface area (TPSA) is 104 Å². The zero-order valence-corrected chi connectivity index (χ0v) is 14.2. The molecule has 0 spiro atoms. The lowest BCUT2D eigenvalue weighted by Gasteiger charge is -2.34. The summed E-state index contributed by atoms with van der Waals surface area (Å²) in [7, 11) is -3.44. The van der Waals surface area contributed by atoms with Crippen LogP contribution in [0.3, 0.4) is 0 Å². The number of sulfonamides is 1. The zero-order valence-electron chi connectivity index (χ0n) is 13.4. The summed E-state index contributed by atoms with van der Waals surface area (Å²) in [6, 6.07) is -1.28. The maximum atomic E-state index is 12.4. The van der Waals surface area contributed by atoms with Crippen molar-refractivity contribution in [2.75, 3.05) is 12.3 Å². The van der Waals surface area contributed by atoms with Gasteiger partial charge < -0.3 is 10.4 Å². The van der Waals surface area contributed by atoms with E-state index in [0.717, 1.165) is 12.8 Å². The van der Waals surface area contributed by atoms with Crippen LogP contribution in [0, 0.1) is 5.92 Å². The van der Waals surface area contributed by atoms with Crippen LogP contribution in [0.5, 0.6) is 0 Å². The third-order valence-electron chi connectivity index (χ3n) is 4.09. The molecule has 0 saturated carbocycles. The van der Waals surface area contributed by atoms with Crippen molar-refractivity contribution in [3.63, 3.8) is 0 Å². The SMILES string of the molecule is CCCS(=O)(=O)N1CCCCC1C(=O)NC(C)C(C)C(=O)O. The van der Waals surface area contributed by atoms with Crippen molar-refractivity contribution >= 4 is 21.9 Å². The molecule has 0 bridgehead atoms. The van der Waals surface area contributed by atoms with Crippen molar-refractivity contribution in [1.29, 1.82) is 0 Å². The Labute approximate surface area is 132 Å². The lowest BCUT2D eigenvalue weighted by atomic mass is 10.0. The summed E-state index contributed by atoms with van der Waals surface area (Å²) < 4.78 is 25.8. The number of piperidine rings is 1. The zero-order chi connectivity index (χ0) is 16.9. The molecule has 1 heterocycles. The maximum Gasteiger partial charge on any atom is 0.308 e. The fraction of sp³-hybridized carbons (Fsp3) is 0.857. The van der Waals surface area contributed by atoms with E-state index in [1.165, 1.54) is 11.2 Å². The first-order valence-corrected chi connectivity index (χ1v) is 9.34. The Hall–Kier alpha value is -1.15. The van der Waals surface area contributed by atoms with E-state index in [9.17, 15) is 18.0 Å². The second-order valence-electron chi connectivity index (χ2n) is 5.86. The normalized spacial score (nSPS) is 22.8. The highest BCUT2D eigenvalue weighted by Gasteiger charge is 2.37. The Morgan fingerprint density at radius 1 is 1.32 bits per heavy atom. The standard InChI is InChI=1S/C14H26N2O5S/c1-4-9-22(20,21)16-8-6-5-7-12(16)13(17)15-11(3)10(2)14(18)19/h10-12H,4-9H2,1-3H3,(H,15,17)(H,18,19). The molecule has 3 unspecified atom stereocenters. The molecule has 2 N–H and O–H groups in total. The number of carboxylic acid groups (broad SMARTS) is 1. The Morgan fingerprint density at radius 2 is 1.95 bits per heavy atom. The second-order valence-corrected chi connectivity index (χ2v) is 7.90. The van der Waals surface area contributed by atoms with E-state index in [4.69, 9.17) is 5.11 Å². The molecule has 0 aromatic heterocycles. The van der Waals surface area contributed by atoms with Gasteiger partial charge in [-0.25, -0.2) is 8.42 Å². The number of nitrogens with one attached hydrogen (secondary N) is 1. The summed E-state index contributed by atoms with van der Waals surface area (Å²) >= 11 is 0. The highest BCUT2D eigenvalue weighted by atomic mass is 32.2. The lowest BCUT2D eigenvalue weighted by Crippen LogP contribution is -2.54. The van der Waals surface area contributed by atoms with Crippen LogP contribution in [-0.2, 0) is 19.6 Å². The lowest BCUT2D eigenvalue weighted by molar-refractivity contribution is -0.142. The number of carbonyl (C=O) groups is 2. The first-order valence-electron chi connectivity index (χ1n) is 7.73. The molecule has 8 heteroatoms. The highest BCUT2D eigenvalue weighted by molar-refractivity contribution is 7.89. The van der Waals surface area contributed by atoms with Gasteiger partial charge in [-0.05, 0) is 33.1 Å². The number of amides is 1. The highest BCUT2D eigenvalue weighted by Crippen LogP contribution is 2.22. The Kier molecular flexibility index (Phi) is 6.80. The number of carboxylic acids is 1. The van der Waals surface area contributed by atoms with Crippen molar-refractivity contribution in [2.45, 2.75) is 58.5 Å². The van der Waals surface area contributed by atoms with E-state index in [0.29, 0.717) is 19.4 Å². The van der Waals surface area contributed by atoms with Gasteiger partial charge in [-0.15, -0.1) is 0 Å². The largest absolute Gasteiger partial charge is 0.481 e. The minimum atomic E-state index is -3.44. The minimum absolute atomic E-state index is 0.0257. The van der Waals surface area contributed by atoms with Crippen LogP contribution in [-0.4, -0.2) is 54.1 Å². The van der Waals surface area contributed by atoms with Gasteiger partial charge in [-0.1, -0.05) is 13.3 Å². The summed E-state index contributed by atoms with van der Waals surface area (Å²) in [5, 5.41) is 11.6. The van der Waals surface area contributed by atoms with Crippen LogP contribution < -0.4 is 5.32 Å². The molecule has 1 fully saturated rings. The molecule has 0 radical (unpaired) electrons. The van der Waals surface area contributed by atoms with Crippen LogP contribution in [0.4, 0.5) is 0 Å². The Bertz CT molecular complexity index is 505. The fourth-order valence-electron chi connectivity index (χ4n) is 2.53. The molecular formula is C14H26N2O5S. The molecule has 0 aromatic rings. The third kappa shape index (κ3) is 4.67. The van der Waals surface area contributed by atoms with Crippen LogP contribution >= 0.6 is 0 Å². The van der Waals surface area contributed by atoms with Gasteiger partial charge in [0.2, 0.25) is 15.9 Å². The van der Waals surface area contributed by atoms with Gasteiger partial charge in [0.05, 0.1) is 11.7 Å². The molecule has 3 atom stereocenters. The number of hydrogen-bond acceptors (Lipinski definition) is 4. The van der Waals surface area contributed by atoms with Gasteiger partial charge in [0.25, 0.3) is 0 Å². The van der Waals surface area contributed by atoms with Crippen molar-refractivity contribution in [1.82, 2.24) is 9.62 Å². The van der Waals surface area contributed by atoms with Gasteiger partial charge >= 0.3 is 5.97 Å². The molecule has 7 nitrogen and oxygen atoms in total. The number of hydrogen-bond donors (Lipinski definition) is 2. The van der Waals surface area contributed by atoms with E-state index in [1.54, 1.807) is 13.8 Å². The smallest absolute Gasteiger partial charge is 0.308 e. The maximum absolute atomic E-state index is 12.4. The third-order valence-corrected chi connectivity index (χ3v) is 6.16. The van der Waals surface area contributed by atoms with Crippen LogP contribution in [0.25, 0.3) is 0 Å². The number of rotatable bonds is 7. The number of aliphatic carboxylic acids is 1. The van der Waals surface area contributed by atoms with Gasteiger partial charge in [-0.2, -0.15) is 4.31 Å². The van der Waals surface area contributed by atoms with E-state index in [1.807, 2.05) is 0 Å². The molecule has 128 valence electrons. The van der Waals surface area contributed by atoms with Crippen LogP contribution in [0.1, 0.15) is 46.5 Å². The van der Waals surface area contributed by atoms with Crippen molar-refractivity contribution < 1.29 is 23.1 Å². The first kappa shape index (κ1) is 18.9. The fourth-order valence-corrected chi connectivity index (χ4v) is 4.28. The summed E-state index contributed by atoms with van der Waals surface area (Å²) in [5.41, 5.74) is 0. The molecular weight excluding hydrogens is 308 g/mol. The quantitative estimate of drug-likeness (QED) is 0.717. The van der Waals surface area contributed by atoms with Gasteiger partial charge in [0, 0.05) is 12.6 Å². The molecule has 0 aliphatic carbocycles. The number of carbonyl (C=O) groups excluding carboxylic acids is 1. The average molecular weight is 334 g/mol.